The molecule has 1 aromatic rings. The lowest BCUT2D eigenvalue weighted by atomic mass is 10.4. The molecule has 1 heterocycles. The first-order valence-electron chi connectivity index (χ1n) is 5.94. The third-order valence-electron chi connectivity index (χ3n) is 2.09. The number of nitrogens with one attached hydrogen (secondary N) is 1. The highest BCUT2D eigenvalue weighted by molar-refractivity contribution is 5.70. The van der Waals surface area contributed by atoms with Gasteiger partial charge in [0.15, 0.2) is 0 Å². The standard InChI is InChI=1S/C12H19N3O3/c1-3-18-12(16)9-17-5-4-13-7-11-8-14-10(2)6-15-11/h6,8,13H,3-5,7,9H2,1-2H3. The number of aryl methyl sites for hydroxylation is 1. The lowest BCUT2D eigenvalue weighted by Gasteiger charge is -2.05. The molecule has 0 radical (unpaired) electrons. The summed E-state index contributed by atoms with van der Waals surface area (Å²) in [5, 5.41) is 3.15. The van der Waals surface area contributed by atoms with Gasteiger partial charge in [-0.3, -0.25) is 9.97 Å². The van der Waals surface area contributed by atoms with E-state index < -0.39 is 0 Å². The molecular formula is C12H19N3O3. The molecule has 0 saturated heterocycles. The van der Waals surface area contributed by atoms with E-state index in [9.17, 15) is 4.79 Å². The van der Waals surface area contributed by atoms with E-state index in [-0.39, 0.29) is 12.6 Å². The summed E-state index contributed by atoms with van der Waals surface area (Å²) in [5.74, 6) is -0.332. The monoisotopic (exact) mass is 253 g/mol. The van der Waals surface area contributed by atoms with Crippen molar-refractivity contribution in [3.63, 3.8) is 0 Å². The van der Waals surface area contributed by atoms with E-state index in [1.54, 1.807) is 19.3 Å². The molecule has 0 aromatic carbocycles. The summed E-state index contributed by atoms with van der Waals surface area (Å²) in [4.78, 5) is 19.3. The third-order valence-corrected chi connectivity index (χ3v) is 2.09. The molecule has 0 fully saturated rings. The number of nitrogens with zero attached hydrogens (tertiary/aromatic N) is 2. The van der Waals surface area contributed by atoms with Gasteiger partial charge in [-0.05, 0) is 13.8 Å². The second-order valence-electron chi connectivity index (χ2n) is 3.68. The topological polar surface area (TPSA) is 73.3 Å². The highest BCUT2D eigenvalue weighted by Gasteiger charge is 2.00. The van der Waals surface area contributed by atoms with Crippen molar-refractivity contribution in [2.75, 3.05) is 26.4 Å². The Balaban J connectivity index is 2.02. The second kappa shape index (κ2) is 8.54. The third kappa shape index (κ3) is 6.27. The predicted molar refractivity (Wildman–Crippen MR) is 65.9 cm³/mol. The van der Waals surface area contributed by atoms with Crippen LogP contribution in [-0.4, -0.2) is 42.3 Å². The first-order valence-corrected chi connectivity index (χ1v) is 5.94. The summed E-state index contributed by atoms with van der Waals surface area (Å²) in [6.07, 6.45) is 3.47. The average Bonchev–Trinajstić information content (AvgIpc) is 2.36. The van der Waals surface area contributed by atoms with E-state index in [2.05, 4.69) is 15.3 Å². The number of esters is 1. The van der Waals surface area contributed by atoms with Crippen LogP contribution in [0.15, 0.2) is 12.4 Å². The number of carbonyl (C=O) groups excluding carboxylic acids is 1. The van der Waals surface area contributed by atoms with Crippen LogP contribution in [-0.2, 0) is 20.8 Å². The molecule has 6 heteroatoms. The summed E-state index contributed by atoms with van der Waals surface area (Å²) in [6, 6.07) is 0. The first-order chi connectivity index (χ1) is 8.72. The van der Waals surface area contributed by atoms with Gasteiger partial charge in [0.05, 0.1) is 24.6 Å². The van der Waals surface area contributed by atoms with E-state index in [4.69, 9.17) is 9.47 Å². The van der Waals surface area contributed by atoms with Crippen LogP contribution >= 0.6 is 0 Å². The summed E-state index contributed by atoms with van der Waals surface area (Å²) in [5.41, 5.74) is 1.78. The highest BCUT2D eigenvalue weighted by atomic mass is 16.6. The fourth-order valence-electron chi connectivity index (χ4n) is 1.23. The van der Waals surface area contributed by atoms with Crippen molar-refractivity contribution in [1.82, 2.24) is 15.3 Å². The molecule has 1 N–H and O–H groups in total. The van der Waals surface area contributed by atoms with Gasteiger partial charge in [0.1, 0.15) is 6.61 Å². The molecule has 0 spiro atoms. The summed E-state index contributed by atoms with van der Waals surface area (Å²) in [6.45, 7) is 5.78. The van der Waals surface area contributed by atoms with Crippen LogP contribution in [0.25, 0.3) is 0 Å². The maximum absolute atomic E-state index is 10.9. The van der Waals surface area contributed by atoms with Crippen molar-refractivity contribution in [2.24, 2.45) is 0 Å². The Bertz CT molecular complexity index is 354. The Hall–Kier alpha value is -1.53. The zero-order valence-electron chi connectivity index (χ0n) is 10.8. The minimum Gasteiger partial charge on any atom is -0.464 e. The molecule has 0 aliphatic heterocycles. The van der Waals surface area contributed by atoms with Crippen LogP contribution in [0.1, 0.15) is 18.3 Å². The largest absolute Gasteiger partial charge is 0.464 e. The fraction of sp³-hybridized carbons (Fsp3) is 0.583. The van der Waals surface area contributed by atoms with Crippen LogP contribution in [0.4, 0.5) is 0 Å². The molecule has 1 aromatic heterocycles. The van der Waals surface area contributed by atoms with E-state index in [0.717, 1.165) is 11.4 Å². The van der Waals surface area contributed by atoms with Crippen LogP contribution in [0, 0.1) is 6.92 Å². The molecule has 0 bridgehead atoms. The number of hydrogen-bond acceptors (Lipinski definition) is 6. The average molecular weight is 253 g/mol. The molecule has 100 valence electrons. The van der Waals surface area contributed by atoms with Crippen molar-refractivity contribution in [3.05, 3.63) is 23.8 Å². The molecule has 0 aliphatic carbocycles. The van der Waals surface area contributed by atoms with Gasteiger partial charge >= 0.3 is 5.97 Å². The van der Waals surface area contributed by atoms with Gasteiger partial charge in [0.25, 0.3) is 0 Å². The lowest BCUT2D eigenvalue weighted by Crippen LogP contribution is -2.22. The van der Waals surface area contributed by atoms with Crippen molar-refractivity contribution in [1.29, 1.82) is 0 Å². The normalized spacial score (nSPS) is 10.3. The molecule has 6 nitrogen and oxygen atoms in total. The highest BCUT2D eigenvalue weighted by Crippen LogP contribution is 1.92. The SMILES string of the molecule is CCOC(=O)COCCNCc1cnc(C)cn1. The van der Waals surface area contributed by atoms with Crippen LogP contribution in [0.2, 0.25) is 0 Å². The van der Waals surface area contributed by atoms with E-state index in [1.165, 1.54) is 0 Å². The fourth-order valence-corrected chi connectivity index (χ4v) is 1.23. The maximum atomic E-state index is 10.9. The van der Waals surface area contributed by atoms with E-state index in [0.29, 0.717) is 26.3 Å². The Morgan fingerprint density at radius 3 is 2.89 bits per heavy atom. The zero-order chi connectivity index (χ0) is 13.2. The van der Waals surface area contributed by atoms with Gasteiger partial charge in [0, 0.05) is 25.5 Å². The molecular weight excluding hydrogens is 234 g/mol. The predicted octanol–water partition coefficient (Wildman–Crippen LogP) is 0.454. The molecule has 0 atom stereocenters. The molecule has 0 saturated carbocycles. The molecule has 18 heavy (non-hydrogen) atoms. The van der Waals surface area contributed by atoms with Crippen LogP contribution in [0.3, 0.4) is 0 Å². The van der Waals surface area contributed by atoms with Crippen LogP contribution < -0.4 is 5.32 Å². The van der Waals surface area contributed by atoms with Gasteiger partial charge in [-0.1, -0.05) is 0 Å². The van der Waals surface area contributed by atoms with E-state index >= 15 is 0 Å². The van der Waals surface area contributed by atoms with Crippen molar-refractivity contribution >= 4 is 5.97 Å². The summed E-state index contributed by atoms with van der Waals surface area (Å²) in [7, 11) is 0. The van der Waals surface area contributed by atoms with Gasteiger partial charge in [-0.15, -0.1) is 0 Å². The summed E-state index contributed by atoms with van der Waals surface area (Å²) < 4.78 is 9.86. The molecule has 1 rings (SSSR count). The quantitative estimate of drug-likeness (QED) is 0.536. The van der Waals surface area contributed by atoms with Crippen LogP contribution in [0.5, 0.6) is 0 Å². The lowest BCUT2D eigenvalue weighted by molar-refractivity contribution is -0.148. The Kier molecular flexibility index (Phi) is 6.90. The molecule has 0 amide bonds. The minimum atomic E-state index is -0.332. The minimum absolute atomic E-state index is 0.000142. The first kappa shape index (κ1) is 14.5. The van der Waals surface area contributed by atoms with Gasteiger partial charge < -0.3 is 14.8 Å². The molecule has 0 unspecified atom stereocenters. The van der Waals surface area contributed by atoms with Gasteiger partial charge in [0.2, 0.25) is 0 Å². The van der Waals surface area contributed by atoms with Gasteiger partial charge in [-0.2, -0.15) is 0 Å². The number of rotatable bonds is 8. The smallest absolute Gasteiger partial charge is 0.332 e. The second-order valence-corrected chi connectivity index (χ2v) is 3.68. The maximum Gasteiger partial charge on any atom is 0.332 e. The van der Waals surface area contributed by atoms with E-state index in [1.807, 2.05) is 6.92 Å². The number of hydrogen-bond donors (Lipinski definition) is 1. The summed E-state index contributed by atoms with van der Waals surface area (Å²) >= 11 is 0. The Morgan fingerprint density at radius 1 is 1.39 bits per heavy atom. The van der Waals surface area contributed by atoms with Gasteiger partial charge in [-0.25, -0.2) is 4.79 Å². The zero-order valence-corrected chi connectivity index (χ0v) is 10.8. The van der Waals surface area contributed by atoms with Crippen molar-refractivity contribution in [3.8, 4) is 0 Å². The molecule has 0 aliphatic rings. The Labute approximate surface area is 107 Å². The number of ether oxygens (including phenoxy) is 2. The van der Waals surface area contributed by atoms with Crippen molar-refractivity contribution in [2.45, 2.75) is 20.4 Å². The number of carbonyl (C=O) groups is 1. The Morgan fingerprint density at radius 2 is 2.22 bits per heavy atom. The number of aromatic nitrogens is 2. The van der Waals surface area contributed by atoms with Crippen molar-refractivity contribution < 1.29 is 14.3 Å².